The molecule has 6 rings (SSSR count). The Kier molecular flexibility index (Phi) is 5.23. The summed E-state index contributed by atoms with van der Waals surface area (Å²) in [6, 6.07) is 13.0. The highest BCUT2D eigenvalue weighted by atomic mass is 35.5. The summed E-state index contributed by atoms with van der Waals surface area (Å²) in [5.74, 6) is 1.28. The number of benzene rings is 2. The highest BCUT2D eigenvalue weighted by Gasteiger charge is 2.46. The number of piperidine rings is 1. The molecule has 1 fully saturated rings. The highest BCUT2D eigenvalue weighted by molar-refractivity contribution is 6.33. The van der Waals surface area contributed by atoms with Crippen LogP contribution in [0.15, 0.2) is 48.7 Å². The minimum atomic E-state index is -0.458. The molecule has 1 saturated heterocycles. The first-order chi connectivity index (χ1) is 16.9. The zero-order chi connectivity index (χ0) is 24.3. The lowest BCUT2D eigenvalue weighted by Gasteiger charge is -2.42. The third kappa shape index (κ3) is 3.40. The van der Waals surface area contributed by atoms with Gasteiger partial charge in [0.1, 0.15) is 17.1 Å². The van der Waals surface area contributed by atoms with Crippen molar-refractivity contribution in [3.8, 4) is 17.0 Å². The van der Waals surface area contributed by atoms with Crippen molar-refractivity contribution in [1.29, 1.82) is 0 Å². The van der Waals surface area contributed by atoms with Crippen LogP contribution in [0.2, 0.25) is 5.02 Å². The van der Waals surface area contributed by atoms with Crippen molar-refractivity contribution in [2.45, 2.75) is 32.2 Å². The number of nitrogens with two attached hydrogens (primary N) is 1. The number of hydrogen-bond acceptors (Lipinski definition) is 5. The second-order valence-corrected chi connectivity index (χ2v) is 10.0. The molecule has 0 unspecified atom stereocenters. The molecule has 1 aliphatic carbocycles. The first-order valence-corrected chi connectivity index (χ1v) is 12.3. The van der Waals surface area contributed by atoms with Crippen LogP contribution in [0.25, 0.3) is 16.8 Å². The lowest BCUT2D eigenvalue weighted by Crippen LogP contribution is -2.44. The Morgan fingerprint density at radius 2 is 1.97 bits per heavy atom. The molecule has 6 nitrogen and oxygen atoms in total. The zero-order valence-corrected chi connectivity index (χ0v) is 20.5. The van der Waals surface area contributed by atoms with Crippen molar-refractivity contribution < 1.29 is 9.13 Å². The maximum absolute atomic E-state index is 14.2. The van der Waals surface area contributed by atoms with Gasteiger partial charge in [0.15, 0.2) is 5.82 Å². The Morgan fingerprint density at radius 3 is 2.74 bits per heavy atom. The number of methoxy groups -OCH3 is 1. The molecular weight excluding hydrogens is 465 g/mol. The molecule has 180 valence electrons. The maximum Gasteiger partial charge on any atom is 0.155 e. The van der Waals surface area contributed by atoms with Crippen LogP contribution >= 0.6 is 11.6 Å². The van der Waals surface area contributed by atoms with E-state index in [4.69, 9.17) is 27.1 Å². The molecule has 3 heterocycles. The number of fused-ring (bicyclic) bond motifs is 2. The van der Waals surface area contributed by atoms with Crippen molar-refractivity contribution >= 4 is 22.9 Å². The number of anilines is 1. The Morgan fingerprint density at radius 1 is 1.17 bits per heavy atom. The molecular formula is C27H27ClFN5O. The van der Waals surface area contributed by atoms with Gasteiger partial charge in [0.25, 0.3) is 0 Å². The Bertz CT molecular complexity index is 1440. The lowest BCUT2D eigenvalue weighted by atomic mass is 9.73. The van der Waals surface area contributed by atoms with Crippen molar-refractivity contribution in [3.05, 3.63) is 76.3 Å². The van der Waals surface area contributed by atoms with E-state index in [0.717, 1.165) is 55.1 Å². The fourth-order valence-electron chi connectivity index (χ4n) is 5.92. The summed E-state index contributed by atoms with van der Waals surface area (Å²) >= 11 is 6.32. The zero-order valence-electron chi connectivity index (χ0n) is 19.8. The van der Waals surface area contributed by atoms with Crippen molar-refractivity contribution in [2.75, 3.05) is 25.1 Å². The molecule has 0 radical (unpaired) electrons. The Hall–Kier alpha value is -3.16. The molecule has 0 saturated carbocycles. The fraction of sp³-hybridized carbons (Fsp3) is 0.333. The van der Waals surface area contributed by atoms with E-state index >= 15 is 0 Å². The standard InChI is InChI=1S/C27H27ClFN5O/c1-16-24(19-4-3-5-21(29)23(19)28)34-22(8-11-31-34)26(32-16)33-12-9-27(10-13-33)15-17-6-7-18(35-2)14-20(17)25(27)30/h3-8,11,14,25H,9-10,12-13,15,30H2,1-2H3/t25-/m1/s1. The topological polar surface area (TPSA) is 68.7 Å². The molecule has 0 bridgehead atoms. The molecule has 0 amide bonds. The third-order valence-electron chi connectivity index (χ3n) is 7.86. The number of ether oxygens (including phenoxy) is 1. The summed E-state index contributed by atoms with van der Waals surface area (Å²) in [5, 5.41) is 4.62. The molecule has 2 N–H and O–H groups in total. The number of nitrogens with zero attached hydrogens (tertiary/aromatic N) is 4. The Labute approximate surface area is 208 Å². The fourth-order valence-corrected chi connectivity index (χ4v) is 6.14. The van der Waals surface area contributed by atoms with Crippen LogP contribution in [0.1, 0.15) is 35.7 Å². The minimum Gasteiger partial charge on any atom is -0.497 e. The third-order valence-corrected chi connectivity index (χ3v) is 8.24. The van der Waals surface area contributed by atoms with Gasteiger partial charge in [0.2, 0.25) is 0 Å². The largest absolute Gasteiger partial charge is 0.497 e. The predicted molar refractivity (Wildman–Crippen MR) is 136 cm³/mol. The number of aryl methyl sites for hydroxylation is 1. The molecule has 4 aromatic rings. The van der Waals surface area contributed by atoms with Gasteiger partial charge in [-0.25, -0.2) is 13.9 Å². The van der Waals surface area contributed by atoms with E-state index in [1.165, 1.54) is 17.2 Å². The Balaban J connectivity index is 1.32. The normalized spacial score (nSPS) is 18.9. The first kappa shape index (κ1) is 22.3. The summed E-state index contributed by atoms with van der Waals surface area (Å²) in [5.41, 5.74) is 12.3. The van der Waals surface area contributed by atoms with Crippen LogP contribution in [0.3, 0.4) is 0 Å². The van der Waals surface area contributed by atoms with E-state index in [9.17, 15) is 4.39 Å². The van der Waals surface area contributed by atoms with Crippen LogP contribution in [0.4, 0.5) is 10.2 Å². The van der Waals surface area contributed by atoms with Gasteiger partial charge in [0, 0.05) is 24.7 Å². The number of hydrogen-bond donors (Lipinski definition) is 1. The molecule has 1 aliphatic heterocycles. The smallest absolute Gasteiger partial charge is 0.155 e. The van der Waals surface area contributed by atoms with Crippen LogP contribution < -0.4 is 15.4 Å². The predicted octanol–water partition coefficient (Wildman–Crippen LogP) is 5.35. The lowest BCUT2D eigenvalue weighted by molar-refractivity contribution is 0.187. The SMILES string of the molecule is COc1ccc2c(c1)[C@@H](N)C1(CCN(c3nc(C)c(-c4cccc(F)c4Cl)n4nccc34)CC1)C2. The summed E-state index contributed by atoms with van der Waals surface area (Å²) in [6.07, 6.45) is 4.69. The van der Waals surface area contributed by atoms with E-state index in [1.54, 1.807) is 25.4 Å². The second-order valence-electron chi connectivity index (χ2n) is 9.67. The minimum absolute atomic E-state index is 0.00285. The van der Waals surface area contributed by atoms with E-state index in [2.05, 4.69) is 22.1 Å². The van der Waals surface area contributed by atoms with Crippen LogP contribution in [0.5, 0.6) is 5.75 Å². The van der Waals surface area contributed by atoms with Gasteiger partial charge in [-0.05, 0) is 67.0 Å². The summed E-state index contributed by atoms with van der Waals surface area (Å²) < 4.78 is 21.5. The monoisotopic (exact) mass is 491 g/mol. The number of rotatable bonds is 3. The van der Waals surface area contributed by atoms with Gasteiger partial charge in [0.05, 0.1) is 29.7 Å². The van der Waals surface area contributed by atoms with Crippen LogP contribution in [-0.2, 0) is 6.42 Å². The molecule has 2 aromatic carbocycles. The van der Waals surface area contributed by atoms with Gasteiger partial charge in [-0.3, -0.25) is 0 Å². The van der Waals surface area contributed by atoms with Crippen LogP contribution in [0, 0.1) is 18.2 Å². The maximum atomic E-state index is 14.2. The second kappa shape index (κ2) is 8.21. The van der Waals surface area contributed by atoms with Gasteiger partial charge in [-0.15, -0.1) is 0 Å². The molecule has 1 atom stereocenters. The van der Waals surface area contributed by atoms with Crippen LogP contribution in [-0.4, -0.2) is 34.8 Å². The van der Waals surface area contributed by atoms with E-state index in [0.29, 0.717) is 11.3 Å². The average Bonchev–Trinajstić information content (AvgIpc) is 3.45. The number of aromatic nitrogens is 3. The number of halogens is 2. The quantitative estimate of drug-likeness (QED) is 0.418. The van der Waals surface area contributed by atoms with Gasteiger partial charge >= 0.3 is 0 Å². The molecule has 35 heavy (non-hydrogen) atoms. The van der Waals surface area contributed by atoms with Crippen molar-refractivity contribution in [2.24, 2.45) is 11.1 Å². The van der Waals surface area contributed by atoms with Crippen molar-refractivity contribution in [1.82, 2.24) is 14.6 Å². The van der Waals surface area contributed by atoms with Gasteiger partial charge in [-0.1, -0.05) is 29.8 Å². The molecule has 2 aliphatic rings. The summed E-state index contributed by atoms with van der Waals surface area (Å²) in [6.45, 7) is 3.63. The molecule has 8 heteroatoms. The van der Waals surface area contributed by atoms with Crippen molar-refractivity contribution in [3.63, 3.8) is 0 Å². The van der Waals surface area contributed by atoms with E-state index < -0.39 is 5.82 Å². The molecule has 2 aromatic heterocycles. The van der Waals surface area contributed by atoms with Gasteiger partial charge in [-0.2, -0.15) is 5.10 Å². The first-order valence-electron chi connectivity index (χ1n) is 11.9. The summed E-state index contributed by atoms with van der Waals surface area (Å²) in [7, 11) is 1.69. The molecule has 1 spiro atoms. The van der Waals surface area contributed by atoms with E-state index in [1.807, 2.05) is 23.6 Å². The van der Waals surface area contributed by atoms with E-state index in [-0.39, 0.29) is 16.5 Å². The average molecular weight is 492 g/mol. The van der Waals surface area contributed by atoms with Gasteiger partial charge < -0.3 is 15.4 Å². The summed E-state index contributed by atoms with van der Waals surface area (Å²) in [4.78, 5) is 7.30. The highest BCUT2D eigenvalue weighted by Crippen LogP contribution is 2.52.